The second-order valence-electron chi connectivity index (χ2n) is 6.88. The van der Waals surface area contributed by atoms with Gasteiger partial charge in [0, 0.05) is 16.1 Å². The van der Waals surface area contributed by atoms with Crippen molar-refractivity contribution < 1.29 is 19.2 Å². The Bertz CT molecular complexity index is 1130. The van der Waals surface area contributed by atoms with Gasteiger partial charge in [-0.05, 0) is 31.5 Å². The molecule has 0 spiro atoms. The Morgan fingerprint density at radius 1 is 1.07 bits per heavy atom. The Morgan fingerprint density at radius 2 is 1.72 bits per heavy atom. The first-order valence-electron chi connectivity index (χ1n) is 8.93. The molecule has 146 valence electrons. The van der Waals surface area contributed by atoms with Gasteiger partial charge in [0.25, 0.3) is 5.78 Å². The first-order valence-corrected chi connectivity index (χ1v) is 9.73. The van der Waals surface area contributed by atoms with Crippen molar-refractivity contribution in [3.8, 4) is 0 Å². The number of ketones is 1. The van der Waals surface area contributed by atoms with Crippen molar-refractivity contribution in [3.05, 3.63) is 87.1 Å². The van der Waals surface area contributed by atoms with Crippen molar-refractivity contribution in [1.29, 1.82) is 0 Å². The third kappa shape index (κ3) is 3.38. The van der Waals surface area contributed by atoms with Crippen molar-refractivity contribution >= 4 is 39.2 Å². The highest BCUT2D eigenvalue weighted by molar-refractivity contribution is 9.10. The van der Waals surface area contributed by atoms with E-state index in [4.69, 9.17) is 4.52 Å². The quantitative estimate of drug-likeness (QED) is 0.354. The molecule has 1 N–H and O–H groups in total. The third-order valence-corrected chi connectivity index (χ3v) is 5.35. The second kappa shape index (κ2) is 7.33. The molecule has 0 saturated carbocycles. The summed E-state index contributed by atoms with van der Waals surface area (Å²) in [5.74, 6) is -1.02. The molecule has 0 unspecified atom stereocenters. The van der Waals surface area contributed by atoms with Gasteiger partial charge in [-0.2, -0.15) is 0 Å². The molecule has 2 heterocycles. The highest BCUT2D eigenvalue weighted by Gasteiger charge is 2.48. The van der Waals surface area contributed by atoms with E-state index in [0.717, 1.165) is 10.0 Å². The van der Waals surface area contributed by atoms with Crippen molar-refractivity contribution in [3.63, 3.8) is 0 Å². The van der Waals surface area contributed by atoms with Gasteiger partial charge in [-0.3, -0.25) is 14.5 Å². The van der Waals surface area contributed by atoms with Gasteiger partial charge < -0.3 is 9.63 Å². The molecule has 1 amide bonds. The van der Waals surface area contributed by atoms with Crippen LogP contribution >= 0.6 is 15.9 Å². The number of aryl methyl sites for hydroxylation is 2. The summed E-state index contributed by atoms with van der Waals surface area (Å²) in [6, 6.07) is 15.1. The zero-order valence-electron chi connectivity index (χ0n) is 15.7. The van der Waals surface area contributed by atoms with Crippen LogP contribution in [0.2, 0.25) is 0 Å². The molecule has 1 saturated heterocycles. The van der Waals surface area contributed by atoms with Gasteiger partial charge in [-0.25, -0.2) is 0 Å². The van der Waals surface area contributed by atoms with Gasteiger partial charge in [0.05, 0.1) is 11.6 Å². The summed E-state index contributed by atoms with van der Waals surface area (Å²) in [4.78, 5) is 27.1. The number of carbonyl (C=O) groups is 2. The fourth-order valence-electron chi connectivity index (χ4n) is 3.36. The molecule has 1 fully saturated rings. The third-order valence-electron chi connectivity index (χ3n) is 4.82. The molecule has 0 aliphatic carbocycles. The van der Waals surface area contributed by atoms with E-state index in [1.807, 2.05) is 31.2 Å². The maximum absolute atomic E-state index is 13.0. The lowest BCUT2D eigenvalue weighted by Gasteiger charge is -2.22. The molecule has 2 aromatic carbocycles. The number of anilines is 1. The number of aromatic nitrogens is 1. The van der Waals surface area contributed by atoms with Crippen molar-refractivity contribution in [2.45, 2.75) is 19.9 Å². The lowest BCUT2D eigenvalue weighted by atomic mass is 9.95. The summed E-state index contributed by atoms with van der Waals surface area (Å²) in [6.45, 7) is 3.63. The fraction of sp³-hybridized carbons (Fsp3) is 0.136. The predicted octanol–water partition coefficient (Wildman–Crippen LogP) is 4.68. The van der Waals surface area contributed by atoms with Crippen LogP contribution in [0.3, 0.4) is 0 Å². The van der Waals surface area contributed by atoms with E-state index in [9.17, 15) is 14.7 Å². The number of amides is 1. The standard InChI is InChI=1S/C22H17BrN2O4/c1-12-3-5-15(6-4-12)20(26)18-19(14-7-9-16(23)10-8-14)25(22(28)21(18)27)17-11-13(2)29-24-17/h3-11,19,26H,1-2H3/t19-/m0/s1. The number of benzene rings is 2. The van der Waals surface area contributed by atoms with Gasteiger partial charge in [-0.1, -0.05) is 63.0 Å². The highest BCUT2D eigenvalue weighted by Crippen LogP contribution is 2.42. The van der Waals surface area contributed by atoms with Gasteiger partial charge >= 0.3 is 5.91 Å². The Kier molecular flexibility index (Phi) is 4.84. The summed E-state index contributed by atoms with van der Waals surface area (Å²) >= 11 is 3.39. The van der Waals surface area contributed by atoms with E-state index in [-0.39, 0.29) is 17.2 Å². The molecule has 6 nitrogen and oxygen atoms in total. The summed E-state index contributed by atoms with van der Waals surface area (Å²) in [5, 5.41) is 14.9. The summed E-state index contributed by atoms with van der Waals surface area (Å²) in [7, 11) is 0. The van der Waals surface area contributed by atoms with Gasteiger partial charge in [0.15, 0.2) is 5.82 Å². The van der Waals surface area contributed by atoms with Crippen molar-refractivity contribution in [2.75, 3.05) is 4.90 Å². The Hall–Kier alpha value is -3.19. The number of aliphatic hydroxyl groups is 1. The van der Waals surface area contributed by atoms with Gasteiger partial charge in [0.1, 0.15) is 11.5 Å². The molecular weight excluding hydrogens is 436 g/mol. The molecule has 1 atom stereocenters. The maximum atomic E-state index is 13.0. The molecule has 0 bridgehead atoms. The number of carbonyl (C=O) groups excluding carboxylic acids is 2. The first-order chi connectivity index (χ1) is 13.9. The first kappa shape index (κ1) is 19.1. The van der Waals surface area contributed by atoms with E-state index < -0.39 is 17.7 Å². The number of Topliss-reactive ketones (excluding diaryl/α,β-unsaturated/α-hetero) is 1. The predicted molar refractivity (Wildman–Crippen MR) is 111 cm³/mol. The lowest BCUT2D eigenvalue weighted by molar-refractivity contribution is -0.132. The molecule has 7 heteroatoms. The zero-order chi connectivity index (χ0) is 20.7. The average Bonchev–Trinajstić information content (AvgIpc) is 3.24. The topological polar surface area (TPSA) is 83.6 Å². The molecule has 1 aromatic heterocycles. The van der Waals surface area contributed by atoms with E-state index in [1.165, 1.54) is 4.90 Å². The van der Waals surface area contributed by atoms with Crippen LogP contribution in [0.5, 0.6) is 0 Å². The molecule has 1 aliphatic heterocycles. The number of rotatable bonds is 3. The summed E-state index contributed by atoms with van der Waals surface area (Å²) < 4.78 is 5.97. The Morgan fingerprint density at radius 3 is 2.31 bits per heavy atom. The van der Waals surface area contributed by atoms with Crippen LogP contribution in [-0.2, 0) is 9.59 Å². The van der Waals surface area contributed by atoms with E-state index in [1.54, 1.807) is 37.3 Å². The van der Waals surface area contributed by atoms with E-state index in [2.05, 4.69) is 21.1 Å². The molecular formula is C22H17BrN2O4. The normalized spacial score (nSPS) is 18.4. The largest absolute Gasteiger partial charge is 0.507 e. The monoisotopic (exact) mass is 452 g/mol. The van der Waals surface area contributed by atoms with Crippen LogP contribution in [0.4, 0.5) is 5.82 Å². The van der Waals surface area contributed by atoms with Crippen molar-refractivity contribution in [1.82, 2.24) is 5.16 Å². The average molecular weight is 453 g/mol. The number of aliphatic hydroxyl groups excluding tert-OH is 1. The molecule has 3 aromatic rings. The number of hydrogen-bond donors (Lipinski definition) is 1. The van der Waals surface area contributed by atoms with Crippen LogP contribution in [0.15, 0.2) is 69.2 Å². The van der Waals surface area contributed by atoms with Crippen LogP contribution in [0, 0.1) is 13.8 Å². The number of nitrogens with zero attached hydrogens (tertiary/aromatic N) is 2. The molecule has 1 aliphatic rings. The smallest absolute Gasteiger partial charge is 0.301 e. The van der Waals surface area contributed by atoms with Crippen LogP contribution in [0.1, 0.15) is 28.5 Å². The lowest BCUT2D eigenvalue weighted by Crippen LogP contribution is -2.29. The zero-order valence-corrected chi connectivity index (χ0v) is 17.3. The van der Waals surface area contributed by atoms with Gasteiger partial charge in [-0.15, -0.1) is 0 Å². The maximum Gasteiger partial charge on any atom is 0.301 e. The second-order valence-corrected chi connectivity index (χ2v) is 7.80. The van der Waals surface area contributed by atoms with Gasteiger partial charge in [0.2, 0.25) is 0 Å². The minimum atomic E-state index is -0.825. The van der Waals surface area contributed by atoms with E-state index >= 15 is 0 Å². The van der Waals surface area contributed by atoms with Crippen LogP contribution in [-0.4, -0.2) is 22.0 Å². The van der Waals surface area contributed by atoms with Crippen LogP contribution < -0.4 is 4.90 Å². The summed E-state index contributed by atoms with van der Waals surface area (Å²) in [5.41, 5.74) is 2.17. The minimum absolute atomic E-state index is 0.0156. The van der Waals surface area contributed by atoms with Crippen LogP contribution in [0.25, 0.3) is 5.76 Å². The molecule has 29 heavy (non-hydrogen) atoms. The van der Waals surface area contributed by atoms with Crippen molar-refractivity contribution in [2.24, 2.45) is 0 Å². The molecule has 0 radical (unpaired) electrons. The minimum Gasteiger partial charge on any atom is -0.507 e. The number of hydrogen-bond acceptors (Lipinski definition) is 5. The molecule has 4 rings (SSSR count). The SMILES string of the molecule is Cc1ccc(C(O)=C2C(=O)C(=O)N(c3cc(C)on3)[C@H]2c2ccc(Br)cc2)cc1. The highest BCUT2D eigenvalue weighted by atomic mass is 79.9. The van der Waals surface area contributed by atoms with E-state index in [0.29, 0.717) is 16.9 Å². The Labute approximate surface area is 175 Å². The summed E-state index contributed by atoms with van der Waals surface area (Å²) in [6.07, 6.45) is 0. The fourth-order valence-corrected chi connectivity index (χ4v) is 3.63. The Balaban J connectivity index is 1.93. The number of halogens is 1.